The summed E-state index contributed by atoms with van der Waals surface area (Å²) in [5.41, 5.74) is 1.40. The number of hydrogen-bond donors (Lipinski definition) is 0. The molecule has 1 amide bonds. The number of amides is 1. The van der Waals surface area contributed by atoms with Crippen LogP contribution in [-0.2, 0) is 14.3 Å². The summed E-state index contributed by atoms with van der Waals surface area (Å²) >= 11 is 0. The molecular weight excluding hydrogens is 302 g/mol. The van der Waals surface area contributed by atoms with Crippen molar-refractivity contribution < 1.29 is 19.2 Å². The van der Waals surface area contributed by atoms with Crippen LogP contribution in [0.2, 0.25) is 0 Å². The van der Waals surface area contributed by atoms with Crippen molar-refractivity contribution in [2.24, 2.45) is 0 Å². The van der Waals surface area contributed by atoms with Crippen molar-refractivity contribution in [2.45, 2.75) is 13.8 Å². The van der Waals surface area contributed by atoms with Crippen molar-refractivity contribution in [1.82, 2.24) is 4.90 Å². The highest BCUT2D eigenvalue weighted by atomic mass is 16.6. The Hall–Kier alpha value is -2.64. The Balaban J connectivity index is 2.06. The van der Waals surface area contributed by atoms with Crippen molar-refractivity contribution in [3.05, 3.63) is 33.9 Å². The number of aryl methyl sites for hydroxylation is 1. The number of hydrogen-bond acceptors (Lipinski definition) is 6. The molecule has 0 saturated carbocycles. The predicted molar refractivity (Wildman–Crippen MR) is 83.3 cm³/mol. The molecule has 8 nitrogen and oxygen atoms in total. The van der Waals surface area contributed by atoms with E-state index in [1.54, 1.807) is 19.9 Å². The van der Waals surface area contributed by atoms with Gasteiger partial charge in [0.25, 0.3) is 5.69 Å². The molecule has 0 N–H and O–H groups in total. The van der Waals surface area contributed by atoms with Crippen LogP contribution in [0.5, 0.6) is 0 Å². The summed E-state index contributed by atoms with van der Waals surface area (Å²) < 4.78 is 4.70. The Kier molecular flexibility index (Phi) is 5.15. The van der Waals surface area contributed by atoms with Crippen molar-refractivity contribution in [2.75, 3.05) is 37.7 Å². The quantitative estimate of drug-likeness (QED) is 0.358. The fourth-order valence-corrected chi connectivity index (χ4v) is 2.52. The van der Waals surface area contributed by atoms with Crippen molar-refractivity contribution in [1.29, 1.82) is 0 Å². The lowest BCUT2D eigenvalue weighted by Crippen LogP contribution is -2.51. The third-order valence-electron chi connectivity index (χ3n) is 3.69. The van der Waals surface area contributed by atoms with E-state index in [9.17, 15) is 19.7 Å². The standard InChI is InChI=1S/C15H19N3O5/c1-3-23-15(20)14(19)17-8-6-16(7-9-17)12-5-4-11(2)10-13(12)18(21)22/h4-5,10H,3,6-9H2,1-2H3. The smallest absolute Gasteiger partial charge is 0.397 e. The molecule has 124 valence electrons. The zero-order valence-electron chi connectivity index (χ0n) is 13.2. The number of piperazine rings is 1. The molecule has 0 spiro atoms. The van der Waals surface area contributed by atoms with Crippen LogP contribution in [0.1, 0.15) is 12.5 Å². The van der Waals surface area contributed by atoms with E-state index in [0.29, 0.717) is 31.9 Å². The van der Waals surface area contributed by atoms with Crippen LogP contribution in [0, 0.1) is 17.0 Å². The molecule has 1 aliphatic rings. The average molecular weight is 321 g/mol. The van der Waals surface area contributed by atoms with E-state index in [0.717, 1.165) is 5.56 Å². The zero-order chi connectivity index (χ0) is 17.0. The molecule has 1 fully saturated rings. The number of ether oxygens (including phenoxy) is 1. The first-order valence-electron chi connectivity index (χ1n) is 7.40. The minimum absolute atomic E-state index is 0.0511. The van der Waals surface area contributed by atoms with Crippen LogP contribution in [0.4, 0.5) is 11.4 Å². The summed E-state index contributed by atoms with van der Waals surface area (Å²) in [5, 5.41) is 11.2. The van der Waals surface area contributed by atoms with Gasteiger partial charge in [-0.3, -0.25) is 14.9 Å². The van der Waals surface area contributed by atoms with Gasteiger partial charge < -0.3 is 14.5 Å². The summed E-state index contributed by atoms with van der Waals surface area (Å²) in [6, 6.07) is 5.07. The fourth-order valence-electron chi connectivity index (χ4n) is 2.52. The molecule has 0 unspecified atom stereocenters. The molecule has 1 heterocycles. The number of rotatable bonds is 3. The second-order valence-corrected chi connectivity index (χ2v) is 5.25. The van der Waals surface area contributed by atoms with E-state index < -0.39 is 16.8 Å². The number of esters is 1. The molecule has 1 aromatic carbocycles. The van der Waals surface area contributed by atoms with Crippen LogP contribution in [0.3, 0.4) is 0 Å². The van der Waals surface area contributed by atoms with E-state index in [1.165, 1.54) is 11.0 Å². The van der Waals surface area contributed by atoms with Crippen LogP contribution in [-0.4, -0.2) is 54.5 Å². The minimum atomic E-state index is -0.859. The third-order valence-corrected chi connectivity index (χ3v) is 3.69. The number of nitro benzene ring substituents is 1. The average Bonchev–Trinajstić information content (AvgIpc) is 2.54. The number of carbonyl (C=O) groups excluding carboxylic acids is 2. The lowest BCUT2D eigenvalue weighted by Gasteiger charge is -2.35. The number of nitro groups is 1. The van der Waals surface area contributed by atoms with Crippen molar-refractivity contribution >= 4 is 23.3 Å². The van der Waals surface area contributed by atoms with Crippen LogP contribution >= 0.6 is 0 Å². The van der Waals surface area contributed by atoms with Gasteiger partial charge in [-0.1, -0.05) is 6.07 Å². The van der Waals surface area contributed by atoms with E-state index in [1.807, 2.05) is 11.0 Å². The van der Waals surface area contributed by atoms with Crippen LogP contribution in [0.15, 0.2) is 18.2 Å². The molecule has 0 aliphatic carbocycles. The molecule has 23 heavy (non-hydrogen) atoms. The highest BCUT2D eigenvalue weighted by molar-refractivity contribution is 6.32. The fraction of sp³-hybridized carbons (Fsp3) is 0.467. The van der Waals surface area contributed by atoms with E-state index in [4.69, 9.17) is 4.74 Å². The van der Waals surface area contributed by atoms with E-state index >= 15 is 0 Å². The maximum absolute atomic E-state index is 11.9. The van der Waals surface area contributed by atoms with Gasteiger partial charge in [-0.05, 0) is 25.5 Å². The largest absolute Gasteiger partial charge is 0.459 e. The summed E-state index contributed by atoms with van der Waals surface area (Å²) in [4.78, 5) is 37.4. The first-order chi connectivity index (χ1) is 10.9. The molecule has 2 rings (SSSR count). The molecule has 1 aliphatic heterocycles. The van der Waals surface area contributed by atoms with Crippen LogP contribution in [0.25, 0.3) is 0 Å². The van der Waals surface area contributed by atoms with Gasteiger partial charge in [0, 0.05) is 32.2 Å². The lowest BCUT2D eigenvalue weighted by molar-refractivity contribution is -0.384. The van der Waals surface area contributed by atoms with Gasteiger partial charge in [0.1, 0.15) is 5.69 Å². The first kappa shape index (κ1) is 16.7. The van der Waals surface area contributed by atoms with E-state index in [2.05, 4.69) is 0 Å². The Bertz CT molecular complexity index is 624. The van der Waals surface area contributed by atoms with Gasteiger partial charge in [-0.2, -0.15) is 0 Å². The monoisotopic (exact) mass is 321 g/mol. The molecule has 0 radical (unpaired) electrons. The van der Waals surface area contributed by atoms with Gasteiger partial charge in [-0.15, -0.1) is 0 Å². The zero-order valence-corrected chi connectivity index (χ0v) is 13.2. The normalized spacial score (nSPS) is 14.5. The maximum atomic E-state index is 11.9. The Morgan fingerprint density at radius 1 is 1.26 bits per heavy atom. The van der Waals surface area contributed by atoms with Crippen molar-refractivity contribution in [3.63, 3.8) is 0 Å². The molecule has 0 atom stereocenters. The maximum Gasteiger partial charge on any atom is 0.397 e. The van der Waals surface area contributed by atoms with E-state index in [-0.39, 0.29) is 12.3 Å². The second kappa shape index (κ2) is 7.08. The lowest BCUT2D eigenvalue weighted by atomic mass is 10.1. The third kappa shape index (κ3) is 3.77. The first-order valence-corrected chi connectivity index (χ1v) is 7.40. The van der Waals surface area contributed by atoms with Gasteiger partial charge in [-0.25, -0.2) is 4.79 Å². The highest BCUT2D eigenvalue weighted by Gasteiger charge is 2.29. The van der Waals surface area contributed by atoms with Crippen molar-refractivity contribution in [3.8, 4) is 0 Å². The molecule has 1 aromatic rings. The SMILES string of the molecule is CCOC(=O)C(=O)N1CCN(c2ccc(C)cc2[N+](=O)[O-])CC1. The molecular formula is C15H19N3O5. The van der Waals surface area contributed by atoms with Gasteiger partial charge in [0.15, 0.2) is 0 Å². The summed E-state index contributed by atoms with van der Waals surface area (Å²) in [5.74, 6) is -1.52. The summed E-state index contributed by atoms with van der Waals surface area (Å²) in [6.07, 6.45) is 0. The highest BCUT2D eigenvalue weighted by Crippen LogP contribution is 2.29. The number of anilines is 1. The van der Waals surface area contributed by atoms with Crippen LogP contribution < -0.4 is 4.90 Å². The molecule has 1 saturated heterocycles. The van der Waals surface area contributed by atoms with Gasteiger partial charge >= 0.3 is 11.9 Å². The number of carbonyl (C=O) groups is 2. The van der Waals surface area contributed by atoms with Gasteiger partial charge in [0.2, 0.25) is 0 Å². The molecule has 0 aromatic heterocycles. The number of benzene rings is 1. The topological polar surface area (TPSA) is 93.0 Å². The Morgan fingerprint density at radius 2 is 1.91 bits per heavy atom. The summed E-state index contributed by atoms with van der Waals surface area (Å²) in [7, 11) is 0. The minimum Gasteiger partial charge on any atom is -0.459 e. The predicted octanol–water partition coefficient (Wildman–Crippen LogP) is 1.11. The Labute approximate surface area is 133 Å². The van der Waals surface area contributed by atoms with Gasteiger partial charge in [0.05, 0.1) is 11.5 Å². The molecule has 8 heteroatoms. The molecule has 0 bridgehead atoms. The number of nitrogens with zero attached hydrogens (tertiary/aromatic N) is 3. The Morgan fingerprint density at radius 3 is 2.48 bits per heavy atom. The second-order valence-electron chi connectivity index (χ2n) is 5.25. The summed E-state index contributed by atoms with van der Waals surface area (Å²) in [6.45, 7) is 5.09.